The average molecular weight is 623 g/mol. The second-order valence-corrected chi connectivity index (χ2v) is 12.1. The summed E-state index contributed by atoms with van der Waals surface area (Å²) >= 11 is 0. The van der Waals surface area contributed by atoms with Crippen LogP contribution in [0.4, 0.5) is 36.2 Å². The van der Waals surface area contributed by atoms with Crippen LogP contribution in [0.2, 0.25) is 0 Å². The first kappa shape index (κ1) is 30.6. The molecule has 0 radical (unpaired) electrons. The van der Waals surface area contributed by atoms with E-state index in [0.29, 0.717) is 56.6 Å². The highest BCUT2D eigenvalue weighted by atomic mass is 19.4. The molecule has 2 aromatic carbocycles. The molecule has 0 spiro atoms. The van der Waals surface area contributed by atoms with Crippen molar-refractivity contribution in [2.75, 3.05) is 61.4 Å². The first-order valence-corrected chi connectivity index (χ1v) is 15.3. The van der Waals surface area contributed by atoms with E-state index in [1.54, 1.807) is 4.90 Å². The van der Waals surface area contributed by atoms with Crippen LogP contribution in [0.5, 0.6) is 0 Å². The van der Waals surface area contributed by atoms with Gasteiger partial charge in [-0.3, -0.25) is 9.59 Å². The highest BCUT2D eigenvalue weighted by Crippen LogP contribution is 2.40. The zero-order valence-electron chi connectivity index (χ0n) is 25.1. The van der Waals surface area contributed by atoms with Gasteiger partial charge in [0, 0.05) is 62.2 Å². The summed E-state index contributed by atoms with van der Waals surface area (Å²) in [4.78, 5) is 39.7. The zero-order valence-corrected chi connectivity index (χ0v) is 25.1. The number of hydrogen-bond acceptors (Lipinski definition) is 8. The average Bonchev–Trinajstić information content (AvgIpc) is 3.87. The van der Waals surface area contributed by atoms with E-state index >= 15 is 0 Å². The van der Waals surface area contributed by atoms with Gasteiger partial charge in [0.2, 0.25) is 0 Å². The summed E-state index contributed by atoms with van der Waals surface area (Å²) in [5, 5.41) is 5.97. The van der Waals surface area contributed by atoms with Crippen molar-refractivity contribution in [1.82, 2.24) is 20.2 Å². The van der Waals surface area contributed by atoms with Gasteiger partial charge in [0.1, 0.15) is 5.82 Å². The molecule has 238 valence electrons. The number of nitrogens with one attached hydrogen (secondary N) is 2. The fraction of sp³-hybridized carbons (Fsp3) is 0.438. The van der Waals surface area contributed by atoms with Crippen LogP contribution >= 0.6 is 0 Å². The Morgan fingerprint density at radius 2 is 1.69 bits per heavy atom. The minimum absolute atomic E-state index is 0.0395. The minimum Gasteiger partial charge on any atom is -0.368 e. The molecule has 2 aliphatic heterocycles. The number of aromatic nitrogens is 2. The van der Waals surface area contributed by atoms with E-state index in [4.69, 9.17) is 5.73 Å². The van der Waals surface area contributed by atoms with E-state index in [1.165, 1.54) is 36.7 Å². The number of amides is 2. The van der Waals surface area contributed by atoms with Gasteiger partial charge in [0.25, 0.3) is 11.8 Å². The van der Waals surface area contributed by atoms with Crippen molar-refractivity contribution in [3.8, 4) is 0 Å². The maximum Gasteiger partial charge on any atom is 0.418 e. The third kappa shape index (κ3) is 7.14. The number of benzene rings is 2. The summed E-state index contributed by atoms with van der Waals surface area (Å²) in [7, 11) is 1.94. The third-order valence-corrected chi connectivity index (χ3v) is 8.70. The molecule has 3 fully saturated rings. The van der Waals surface area contributed by atoms with Crippen LogP contribution < -0.4 is 26.2 Å². The summed E-state index contributed by atoms with van der Waals surface area (Å²) in [6.07, 6.45) is 0.770. The normalized spacial score (nSPS) is 19.3. The number of primary amides is 1. The van der Waals surface area contributed by atoms with Crippen molar-refractivity contribution in [2.45, 2.75) is 43.8 Å². The molecule has 1 aliphatic carbocycles. The number of nitrogens with zero attached hydrogens (tertiary/aromatic N) is 5. The van der Waals surface area contributed by atoms with E-state index in [9.17, 15) is 22.8 Å². The van der Waals surface area contributed by atoms with Crippen molar-refractivity contribution >= 4 is 34.8 Å². The van der Waals surface area contributed by atoms with Gasteiger partial charge in [-0.1, -0.05) is 12.1 Å². The van der Waals surface area contributed by atoms with Gasteiger partial charge in [-0.2, -0.15) is 13.2 Å². The molecule has 3 aliphatic rings. The van der Waals surface area contributed by atoms with Crippen molar-refractivity contribution in [2.24, 2.45) is 5.73 Å². The smallest absolute Gasteiger partial charge is 0.368 e. The second kappa shape index (κ2) is 12.5. The molecule has 45 heavy (non-hydrogen) atoms. The lowest BCUT2D eigenvalue weighted by atomic mass is 10.0. The van der Waals surface area contributed by atoms with Crippen molar-refractivity contribution in [3.63, 3.8) is 0 Å². The minimum atomic E-state index is -4.59. The van der Waals surface area contributed by atoms with Crippen LogP contribution in [-0.4, -0.2) is 79.0 Å². The molecule has 0 unspecified atom stereocenters. The Kier molecular flexibility index (Phi) is 8.54. The molecule has 1 aromatic heterocycles. The number of rotatable bonds is 8. The molecule has 1 saturated carbocycles. The molecule has 13 heteroatoms. The number of likely N-dealkylation sites (N-methyl/N-ethyl adjacent to an activating group) is 1. The monoisotopic (exact) mass is 622 g/mol. The quantitative estimate of drug-likeness (QED) is 0.339. The number of piperazine rings is 1. The fourth-order valence-electron chi connectivity index (χ4n) is 6.00. The molecule has 3 heterocycles. The summed E-state index contributed by atoms with van der Waals surface area (Å²) in [6.45, 7) is 3.37. The van der Waals surface area contributed by atoms with E-state index in [1.807, 2.05) is 36.2 Å². The Bertz CT molecular complexity index is 1550. The number of carbonyl (C=O) groups is 2. The Balaban J connectivity index is 1.19. The standard InChI is InChI=1S/C32H37F3N8O2/c1-41-13-15-42(16-14-41)26-11-10-23(17-25(26)32(33,34)35)38-30-28(29(36)44)37-18-27(40-30)43-12-2-3-24(19-43)39-31(45)22-8-6-21(7-9-22)20-4-5-20/h6-11,17-18,20,24H,2-5,12-16,19H2,1H3,(H2,36,44)(H,38,40)(H,39,45)/t24-/m1/s1. The summed E-state index contributed by atoms with van der Waals surface area (Å²) in [5.41, 5.74) is 6.66. The second-order valence-electron chi connectivity index (χ2n) is 12.1. The van der Waals surface area contributed by atoms with Crippen molar-refractivity contribution in [1.29, 1.82) is 0 Å². The Labute approximate surface area is 259 Å². The lowest BCUT2D eigenvalue weighted by molar-refractivity contribution is -0.137. The van der Waals surface area contributed by atoms with E-state index in [0.717, 1.165) is 18.9 Å². The number of piperidine rings is 1. The Morgan fingerprint density at radius 1 is 0.956 bits per heavy atom. The van der Waals surface area contributed by atoms with Crippen LogP contribution in [0.15, 0.2) is 48.7 Å². The van der Waals surface area contributed by atoms with Crippen LogP contribution in [0.25, 0.3) is 0 Å². The first-order chi connectivity index (χ1) is 21.5. The molecule has 1 atom stereocenters. The molecular formula is C32H37F3N8O2. The highest BCUT2D eigenvalue weighted by molar-refractivity contribution is 5.96. The number of hydrogen-bond donors (Lipinski definition) is 3. The van der Waals surface area contributed by atoms with E-state index in [-0.39, 0.29) is 34.8 Å². The predicted octanol–water partition coefficient (Wildman–Crippen LogP) is 4.37. The predicted molar refractivity (Wildman–Crippen MR) is 166 cm³/mol. The highest BCUT2D eigenvalue weighted by Gasteiger charge is 2.36. The van der Waals surface area contributed by atoms with Crippen molar-refractivity contribution < 1.29 is 22.8 Å². The van der Waals surface area contributed by atoms with Gasteiger partial charge >= 0.3 is 6.18 Å². The number of carbonyl (C=O) groups excluding carboxylic acids is 2. The van der Waals surface area contributed by atoms with Gasteiger partial charge in [0.15, 0.2) is 11.5 Å². The van der Waals surface area contributed by atoms with E-state index in [2.05, 4.69) is 25.5 Å². The number of alkyl halides is 3. The van der Waals surface area contributed by atoms with Gasteiger partial charge < -0.3 is 31.1 Å². The summed E-state index contributed by atoms with van der Waals surface area (Å²) < 4.78 is 42.6. The Hall–Kier alpha value is -4.39. The molecule has 10 nitrogen and oxygen atoms in total. The number of anilines is 4. The maximum atomic E-state index is 14.2. The topological polar surface area (TPSA) is 120 Å². The van der Waals surface area contributed by atoms with Gasteiger partial charge in [0.05, 0.1) is 11.8 Å². The summed E-state index contributed by atoms with van der Waals surface area (Å²) in [5.74, 6) is -0.0216. The molecule has 2 saturated heterocycles. The van der Waals surface area contributed by atoms with Gasteiger partial charge in [-0.05, 0) is 74.5 Å². The van der Waals surface area contributed by atoms with Crippen LogP contribution in [-0.2, 0) is 6.18 Å². The van der Waals surface area contributed by atoms with Crippen LogP contribution in [0, 0.1) is 0 Å². The molecule has 3 aromatic rings. The lowest BCUT2D eigenvalue weighted by Crippen LogP contribution is -2.48. The molecule has 0 bridgehead atoms. The molecule has 2 amide bonds. The van der Waals surface area contributed by atoms with Crippen LogP contribution in [0.3, 0.4) is 0 Å². The fourth-order valence-corrected chi connectivity index (χ4v) is 6.00. The number of halogens is 3. The molecule has 6 rings (SSSR count). The number of nitrogens with two attached hydrogens (primary N) is 1. The Morgan fingerprint density at radius 3 is 2.36 bits per heavy atom. The SMILES string of the molecule is CN1CCN(c2ccc(Nc3nc(N4CCC[C@@H](NC(=O)c5ccc(C6CC6)cc5)C4)cnc3C(N)=O)cc2C(F)(F)F)CC1. The molecule has 4 N–H and O–H groups in total. The van der Waals surface area contributed by atoms with E-state index < -0.39 is 17.6 Å². The lowest BCUT2D eigenvalue weighted by Gasteiger charge is -2.35. The summed E-state index contributed by atoms with van der Waals surface area (Å²) in [6, 6.07) is 11.6. The van der Waals surface area contributed by atoms with Crippen molar-refractivity contribution in [3.05, 3.63) is 71.0 Å². The first-order valence-electron chi connectivity index (χ1n) is 15.3. The van der Waals surface area contributed by atoms with Crippen LogP contribution in [0.1, 0.15) is 63.6 Å². The van der Waals surface area contributed by atoms with Gasteiger partial charge in [-0.15, -0.1) is 0 Å². The maximum absolute atomic E-state index is 14.2. The zero-order chi connectivity index (χ0) is 31.7. The largest absolute Gasteiger partial charge is 0.418 e. The van der Waals surface area contributed by atoms with Gasteiger partial charge in [-0.25, -0.2) is 9.97 Å². The third-order valence-electron chi connectivity index (χ3n) is 8.70. The molecular weight excluding hydrogens is 585 g/mol.